The van der Waals surface area contributed by atoms with E-state index in [1.165, 1.54) is 27.2 Å². The van der Waals surface area contributed by atoms with Crippen LogP contribution in [-0.2, 0) is 4.79 Å². The van der Waals surface area contributed by atoms with E-state index in [-0.39, 0.29) is 12.2 Å². The fourth-order valence-electron chi connectivity index (χ4n) is 2.46. The zero-order valence-corrected chi connectivity index (χ0v) is 15.9. The quantitative estimate of drug-likeness (QED) is 0.723. The zero-order valence-electron chi connectivity index (χ0n) is 15.9. The number of para-hydroxylation sites is 1. The summed E-state index contributed by atoms with van der Waals surface area (Å²) in [6.45, 7) is 2.45. The van der Waals surface area contributed by atoms with E-state index in [1.54, 1.807) is 24.3 Å². The summed E-state index contributed by atoms with van der Waals surface area (Å²) in [5.74, 6) is -0.161. The second kappa shape index (κ2) is 9.13. The predicted octanol–water partition coefficient (Wildman–Crippen LogP) is 3.52. The second-order valence-electron chi connectivity index (χ2n) is 6.72. The van der Waals surface area contributed by atoms with Crippen LogP contribution in [0.25, 0.3) is 0 Å². The number of hydrogen-bond donors (Lipinski definition) is 2. The highest BCUT2D eigenvalue weighted by molar-refractivity contribution is 5.82. The number of anilines is 1. The number of amides is 1. The molecule has 1 atom stereocenters. The molecular weight excluding hydrogens is 366 g/mol. The standard InChI is InChI=1S/C20H22F2N4O2/c1-20(2,18(21)22)19(27)25-12-16(15-6-4-5-7-17(15)28-3)26-14-9-8-13(10-23)24-11-14/h4-9,11,16,18,26H,12H2,1-3H3,(H,25,27). The molecule has 1 amide bonds. The van der Waals surface area contributed by atoms with Gasteiger partial charge in [0.15, 0.2) is 0 Å². The molecule has 0 aliphatic rings. The van der Waals surface area contributed by atoms with Crippen LogP contribution < -0.4 is 15.4 Å². The average molecular weight is 388 g/mol. The topological polar surface area (TPSA) is 87.0 Å². The molecule has 1 aromatic carbocycles. The Bertz CT molecular complexity index is 848. The second-order valence-corrected chi connectivity index (χ2v) is 6.72. The van der Waals surface area contributed by atoms with Crippen LogP contribution in [0, 0.1) is 16.7 Å². The molecule has 2 N–H and O–H groups in total. The summed E-state index contributed by atoms with van der Waals surface area (Å²) >= 11 is 0. The lowest BCUT2D eigenvalue weighted by atomic mass is 9.93. The molecule has 0 aliphatic heterocycles. The Morgan fingerprint density at radius 2 is 2.00 bits per heavy atom. The number of halogens is 2. The van der Waals surface area contributed by atoms with Crippen molar-refractivity contribution in [1.82, 2.24) is 10.3 Å². The first kappa shape index (κ1) is 21.1. The number of ether oxygens (including phenoxy) is 1. The Kier molecular flexibility index (Phi) is 6.88. The summed E-state index contributed by atoms with van der Waals surface area (Å²) < 4.78 is 31.6. The normalized spacial score (nSPS) is 12.2. The minimum atomic E-state index is -2.78. The maximum atomic E-state index is 13.1. The van der Waals surface area contributed by atoms with Gasteiger partial charge in [-0.2, -0.15) is 5.26 Å². The van der Waals surface area contributed by atoms with Gasteiger partial charge < -0.3 is 15.4 Å². The van der Waals surface area contributed by atoms with Gasteiger partial charge in [-0.1, -0.05) is 18.2 Å². The molecule has 0 bridgehead atoms. The SMILES string of the molecule is COc1ccccc1C(CNC(=O)C(C)(C)C(F)F)Nc1ccc(C#N)nc1. The number of carbonyl (C=O) groups is 1. The van der Waals surface area contributed by atoms with Crippen LogP contribution in [0.2, 0.25) is 0 Å². The van der Waals surface area contributed by atoms with E-state index >= 15 is 0 Å². The van der Waals surface area contributed by atoms with Crippen molar-refractivity contribution in [2.24, 2.45) is 5.41 Å². The predicted molar refractivity (Wildman–Crippen MR) is 101 cm³/mol. The molecule has 28 heavy (non-hydrogen) atoms. The van der Waals surface area contributed by atoms with Gasteiger partial charge in [0.05, 0.1) is 25.0 Å². The van der Waals surface area contributed by atoms with Gasteiger partial charge in [-0.25, -0.2) is 13.8 Å². The molecule has 0 fully saturated rings. The number of nitrogens with zero attached hydrogens (tertiary/aromatic N) is 2. The van der Waals surface area contributed by atoms with Gasteiger partial charge in [0.2, 0.25) is 5.91 Å². The summed E-state index contributed by atoms with van der Waals surface area (Å²) in [4.78, 5) is 16.2. The van der Waals surface area contributed by atoms with Crippen LogP contribution in [0.4, 0.5) is 14.5 Å². The van der Waals surface area contributed by atoms with E-state index in [1.807, 2.05) is 18.2 Å². The van der Waals surface area contributed by atoms with Gasteiger partial charge in [0.25, 0.3) is 6.43 Å². The molecule has 0 spiro atoms. The third-order valence-corrected chi connectivity index (χ3v) is 4.33. The van der Waals surface area contributed by atoms with E-state index in [0.717, 1.165) is 5.56 Å². The Labute approximate surface area is 162 Å². The molecule has 1 aromatic heterocycles. The third kappa shape index (κ3) is 4.94. The number of pyridine rings is 1. The molecular formula is C20H22F2N4O2. The van der Waals surface area contributed by atoms with E-state index in [9.17, 15) is 13.6 Å². The largest absolute Gasteiger partial charge is 0.496 e. The van der Waals surface area contributed by atoms with Crippen molar-refractivity contribution < 1.29 is 18.3 Å². The van der Waals surface area contributed by atoms with E-state index in [2.05, 4.69) is 15.6 Å². The van der Waals surface area contributed by atoms with Crippen LogP contribution in [0.15, 0.2) is 42.6 Å². The van der Waals surface area contributed by atoms with Crippen LogP contribution in [-0.4, -0.2) is 31.0 Å². The molecule has 0 radical (unpaired) electrons. The molecule has 0 saturated heterocycles. The van der Waals surface area contributed by atoms with Gasteiger partial charge in [-0.05, 0) is 32.0 Å². The molecule has 2 aromatic rings. The van der Waals surface area contributed by atoms with Gasteiger partial charge >= 0.3 is 0 Å². The summed E-state index contributed by atoms with van der Waals surface area (Å²) in [6, 6.07) is 11.9. The number of alkyl halides is 2. The molecule has 1 unspecified atom stereocenters. The van der Waals surface area contributed by atoms with Crippen molar-refractivity contribution in [1.29, 1.82) is 5.26 Å². The summed E-state index contributed by atoms with van der Waals surface area (Å²) in [5.41, 5.74) is -0.186. The van der Waals surface area contributed by atoms with E-state index < -0.39 is 23.8 Å². The lowest BCUT2D eigenvalue weighted by molar-refractivity contribution is -0.137. The highest BCUT2D eigenvalue weighted by Crippen LogP contribution is 2.29. The maximum absolute atomic E-state index is 13.1. The highest BCUT2D eigenvalue weighted by Gasteiger charge is 2.37. The fourth-order valence-corrected chi connectivity index (χ4v) is 2.46. The number of hydrogen-bond acceptors (Lipinski definition) is 5. The van der Waals surface area contributed by atoms with Crippen molar-refractivity contribution in [2.45, 2.75) is 26.3 Å². The average Bonchev–Trinajstić information content (AvgIpc) is 2.71. The first-order valence-corrected chi connectivity index (χ1v) is 8.61. The smallest absolute Gasteiger partial charge is 0.252 e. The maximum Gasteiger partial charge on any atom is 0.252 e. The minimum Gasteiger partial charge on any atom is -0.496 e. The summed E-state index contributed by atoms with van der Waals surface area (Å²) in [5, 5.41) is 14.7. The summed E-state index contributed by atoms with van der Waals surface area (Å²) in [7, 11) is 1.53. The monoisotopic (exact) mass is 388 g/mol. The Morgan fingerprint density at radius 1 is 1.29 bits per heavy atom. The lowest BCUT2D eigenvalue weighted by Crippen LogP contribution is -2.43. The van der Waals surface area contributed by atoms with Crippen LogP contribution in [0.3, 0.4) is 0 Å². The number of nitrogens with one attached hydrogen (secondary N) is 2. The Morgan fingerprint density at radius 3 is 2.57 bits per heavy atom. The van der Waals surface area contributed by atoms with E-state index in [0.29, 0.717) is 11.4 Å². The van der Waals surface area contributed by atoms with E-state index in [4.69, 9.17) is 10.00 Å². The fraction of sp³-hybridized carbons (Fsp3) is 0.350. The first-order chi connectivity index (χ1) is 13.3. The van der Waals surface area contributed by atoms with Crippen LogP contribution in [0.5, 0.6) is 5.75 Å². The minimum absolute atomic E-state index is 0.0510. The van der Waals surface area contributed by atoms with Crippen LogP contribution in [0.1, 0.15) is 31.1 Å². The number of rotatable bonds is 8. The number of benzene rings is 1. The number of nitriles is 1. The molecule has 0 saturated carbocycles. The molecule has 1 heterocycles. The van der Waals surface area contributed by atoms with Crippen molar-refractivity contribution in [3.05, 3.63) is 53.9 Å². The number of aromatic nitrogens is 1. The van der Waals surface area contributed by atoms with Gasteiger partial charge in [0, 0.05) is 12.1 Å². The van der Waals surface area contributed by atoms with Crippen LogP contribution >= 0.6 is 0 Å². The third-order valence-electron chi connectivity index (χ3n) is 4.33. The summed E-state index contributed by atoms with van der Waals surface area (Å²) in [6.07, 6.45) is -1.29. The molecule has 0 aliphatic carbocycles. The molecule has 8 heteroatoms. The van der Waals surface area contributed by atoms with Gasteiger partial charge in [-0.3, -0.25) is 4.79 Å². The molecule has 2 rings (SSSR count). The molecule has 148 valence electrons. The van der Waals surface area contributed by atoms with Gasteiger partial charge in [-0.15, -0.1) is 0 Å². The first-order valence-electron chi connectivity index (χ1n) is 8.61. The van der Waals surface area contributed by atoms with Crippen molar-refractivity contribution in [3.8, 4) is 11.8 Å². The zero-order chi connectivity index (χ0) is 20.7. The highest BCUT2D eigenvalue weighted by atomic mass is 19.3. The number of carbonyl (C=O) groups excluding carboxylic acids is 1. The Balaban J connectivity index is 2.26. The lowest BCUT2D eigenvalue weighted by Gasteiger charge is -2.26. The van der Waals surface area contributed by atoms with Gasteiger partial charge in [0.1, 0.15) is 22.9 Å². The number of methoxy groups -OCH3 is 1. The Hall–Kier alpha value is -3.21. The van der Waals surface area contributed by atoms with Crippen molar-refractivity contribution in [3.63, 3.8) is 0 Å². The van der Waals surface area contributed by atoms with Crippen molar-refractivity contribution >= 4 is 11.6 Å². The van der Waals surface area contributed by atoms with Crippen molar-refractivity contribution in [2.75, 3.05) is 19.0 Å². The molecule has 6 nitrogen and oxygen atoms in total.